The maximum atomic E-state index is 13.8. The SMILES string of the molecule is CN(c1c2cccnc2c(O)c2c(O)n(Cc3ccc(F)cc3NS(C)(=O)=O)cc12)S(C)(=O)=O. The van der Waals surface area contributed by atoms with Crippen LogP contribution in [-0.4, -0.2) is 56.2 Å². The molecular formula is C21H21FN4O6S2. The molecule has 2 aromatic carbocycles. The summed E-state index contributed by atoms with van der Waals surface area (Å²) in [6.45, 7) is -0.121. The van der Waals surface area contributed by atoms with E-state index in [2.05, 4.69) is 9.71 Å². The maximum absolute atomic E-state index is 13.8. The van der Waals surface area contributed by atoms with Crippen molar-refractivity contribution in [3.63, 3.8) is 0 Å². The molecule has 13 heteroatoms. The molecule has 180 valence electrons. The molecule has 4 rings (SSSR count). The van der Waals surface area contributed by atoms with E-state index >= 15 is 0 Å². The van der Waals surface area contributed by atoms with Crippen molar-refractivity contribution in [1.82, 2.24) is 9.55 Å². The van der Waals surface area contributed by atoms with E-state index in [0.29, 0.717) is 10.9 Å². The van der Waals surface area contributed by atoms with E-state index in [1.807, 2.05) is 0 Å². The molecule has 0 saturated heterocycles. The van der Waals surface area contributed by atoms with Crippen molar-refractivity contribution in [3.8, 4) is 11.6 Å². The maximum Gasteiger partial charge on any atom is 0.232 e. The van der Waals surface area contributed by atoms with Crippen LogP contribution < -0.4 is 9.03 Å². The highest BCUT2D eigenvalue weighted by Crippen LogP contribution is 2.46. The number of fused-ring (bicyclic) bond motifs is 2. The number of phenolic OH excluding ortho intramolecular Hbond substituents is 1. The zero-order valence-corrected chi connectivity index (χ0v) is 19.9. The van der Waals surface area contributed by atoms with E-state index in [4.69, 9.17) is 0 Å². The number of pyridine rings is 1. The Balaban J connectivity index is 1.99. The van der Waals surface area contributed by atoms with Crippen LogP contribution in [0.2, 0.25) is 0 Å². The average molecular weight is 509 g/mol. The first-order chi connectivity index (χ1) is 15.8. The molecule has 0 spiro atoms. The molecule has 0 aliphatic carbocycles. The van der Waals surface area contributed by atoms with Crippen molar-refractivity contribution in [2.24, 2.45) is 0 Å². The molecule has 3 N–H and O–H groups in total. The standard InChI is InChI=1S/C21H21FN4O6S2/c1-25(34(3,31)32)19-14-5-4-8-23-18(14)20(27)17-15(19)11-26(21(17)28)10-12-6-7-13(22)9-16(12)24-33(2,29)30/h4-9,11,24,27-28H,10H2,1-3H3. The monoisotopic (exact) mass is 508 g/mol. The number of aromatic nitrogens is 2. The van der Waals surface area contributed by atoms with Gasteiger partial charge in [-0.2, -0.15) is 0 Å². The second kappa shape index (κ2) is 8.02. The predicted molar refractivity (Wildman–Crippen MR) is 128 cm³/mol. The second-order valence-electron chi connectivity index (χ2n) is 7.87. The summed E-state index contributed by atoms with van der Waals surface area (Å²) in [7, 11) is -6.11. The molecule has 0 aliphatic rings. The number of hydrogen-bond donors (Lipinski definition) is 3. The minimum absolute atomic E-state index is 0.0239. The summed E-state index contributed by atoms with van der Waals surface area (Å²) in [4.78, 5) is 4.14. The summed E-state index contributed by atoms with van der Waals surface area (Å²) in [5.74, 6) is -1.41. The van der Waals surface area contributed by atoms with Crippen molar-refractivity contribution >= 4 is 53.1 Å². The van der Waals surface area contributed by atoms with Gasteiger partial charge in [0, 0.05) is 30.2 Å². The highest BCUT2D eigenvalue weighted by molar-refractivity contribution is 7.92. The van der Waals surface area contributed by atoms with Gasteiger partial charge in [0.25, 0.3) is 0 Å². The van der Waals surface area contributed by atoms with Crippen LogP contribution in [0.25, 0.3) is 21.7 Å². The lowest BCUT2D eigenvalue weighted by molar-refractivity contribution is 0.425. The van der Waals surface area contributed by atoms with E-state index in [1.165, 1.54) is 30.1 Å². The summed E-state index contributed by atoms with van der Waals surface area (Å²) in [5.41, 5.74) is 0.586. The molecule has 4 aromatic rings. The Bertz CT molecular complexity index is 1670. The van der Waals surface area contributed by atoms with Crippen LogP contribution >= 0.6 is 0 Å². The molecule has 34 heavy (non-hydrogen) atoms. The van der Waals surface area contributed by atoms with E-state index in [0.717, 1.165) is 28.9 Å². The minimum Gasteiger partial charge on any atom is -0.505 e. The average Bonchev–Trinajstić information content (AvgIpc) is 3.04. The Labute approximate surface area is 195 Å². The van der Waals surface area contributed by atoms with E-state index in [1.54, 1.807) is 12.1 Å². The van der Waals surface area contributed by atoms with Crippen LogP contribution in [0.3, 0.4) is 0 Å². The molecule has 2 heterocycles. The smallest absolute Gasteiger partial charge is 0.232 e. The van der Waals surface area contributed by atoms with Crippen molar-refractivity contribution in [1.29, 1.82) is 0 Å². The number of anilines is 2. The number of halogens is 1. The number of nitrogens with one attached hydrogen (secondary N) is 1. The Morgan fingerprint density at radius 1 is 1.12 bits per heavy atom. The van der Waals surface area contributed by atoms with Crippen LogP contribution in [0.15, 0.2) is 42.7 Å². The first kappa shape index (κ1) is 23.6. The molecule has 2 aromatic heterocycles. The number of benzene rings is 2. The van der Waals surface area contributed by atoms with Gasteiger partial charge < -0.3 is 14.8 Å². The van der Waals surface area contributed by atoms with Crippen LogP contribution in [0, 0.1) is 5.82 Å². The highest BCUT2D eigenvalue weighted by atomic mass is 32.2. The zero-order chi connectivity index (χ0) is 25.0. The number of aromatic hydroxyl groups is 2. The third-order valence-corrected chi connectivity index (χ3v) is 7.12. The molecule has 0 saturated carbocycles. The van der Waals surface area contributed by atoms with Crippen LogP contribution in [0.5, 0.6) is 11.6 Å². The lowest BCUT2D eigenvalue weighted by atomic mass is 10.1. The van der Waals surface area contributed by atoms with Crippen molar-refractivity contribution in [2.45, 2.75) is 6.54 Å². The number of sulfonamides is 2. The van der Waals surface area contributed by atoms with Gasteiger partial charge in [0.15, 0.2) is 5.75 Å². The van der Waals surface area contributed by atoms with Gasteiger partial charge >= 0.3 is 0 Å². The topological polar surface area (TPSA) is 142 Å². The van der Waals surface area contributed by atoms with Crippen LogP contribution in [0.1, 0.15) is 5.56 Å². The van der Waals surface area contributed by atoms with Gasteiger partial charge in [-0.25, -0.2) is 21.2 Å². The van der Waals surface area contributed by atoms with Gasteiger partial charge in [0.1, 0.15) is 11.3 Å². The van der Waals surface area contributed by atoms with Gasteiger partial charge in [0.05, 0.1) is 35.8 Å². The van der Waals surface area contributed by atoms with Gasteiger partial charge in [-0.05, 0) is 29.8 Å². The molecule has 0 radical (unpaired) electrons. The first-order valence-corrected chi connectivity index (χ1v) is 13.5. The van der Waals surface area contributed by atoms with Gasteiger partial charge in [-0.3, -0.25) is 14.0 Å². The molecule has 0 aliphatic heterocycles. The quantitative estimate of drug-likeness (QED) is 0.363. The third-order valence-electron chi connectivity index (χ3n) is 5.35. The van der Waals surface area contributed by atoms with Gasteiger partial charge in [0.2, 0.25) is 25.9 Å². The second-order valence-corrected chi connectivity index (χ2v) is 11.6. The zero-order valence-electron chi connectivity index (χ0n) is 18.3. The highest BCUT2D eigenvalue weighted by Gasteiger charge is 2.26. The number of rotatable bonds is 6. The Morgan fingerprint density at radius 3 is 2.47 bits per heavy atom. The minimum atomic E-state index is -3.73. The molecule has 0 bridgehead atoms. The summed E-state index contributed by atoms with van der Waals surface area (Å²) >= 11 is 0. The molecular weight excluding hydrogens is 487 g/mol. The predicted octanol–water partition coefficient (Wildman–Crippen LogP) is 2.56. The van der Waals surface area contributed by atoms with Crippen molar-refractivity contribution < 1.29 is 31.4 Å². The summed E-state index contributed by atoms with van der Waals surface area (Å²) in [5, 5.41) is 22.4. The van der Waals surface area contributed by atoms with Crippen LogP contribution in [-0.2, 0) is 26.6 Å². The van der Waals surface area contributed by atoms with Gasteiger partial charge in [-0.15, -0.1) is 0 Å². The molecule has 0 fully saturated rings. The van der Waals surface area contributed by atoms with Gasteiger partial charge in [-0.1, -0.05) is 6.07 Å². The number of phenols is 1. The first-order valence-electron chi connectivity index (χ1n) is 9.79. The van der Waals surface area contributed by atoms with E-state index < -0.39 is 31.7 Å². The largest absolute Gasteiger partial charge is 0.505 e. The van der Waals surface area contributed by atoms with E-state index in [-0.39, 0.29) is 40.0 Å². The summed E-state index contributed by atoms with van der Waals surface area (Å²) < 4.78 is 66.5. The Hall–Kier alpha value is -3.58. The van der Waals surface area contributed by atoms with Crippen molar-refractivity contribution in [3.05, 3.63) is 54.1 Å². The molecule has 0 amide bonds. The number of hydrogen-bond acceptors (Lipinski definition) is 7. The molecule has 0 unspecified atom stereocenters. The fourth-order valence-corrected chi connectivity index (χ4v) is 4.92. The summed E-state index contributed by atoms with van der Waals surface area (Å²) in [6.07, 6.45) is 4.80. The summed E-state index contributed by atoms with van der Waals surface area (Å²) in [6, 6.07) is 6.69. The Kier molecular flexibility index (Phi) is 5.56. The normalized spacial score (nSPS) is 12.4. The number of nitrogens with zero attached hydrogens (tertiary/aromatic N) is 3. The lowest BCUT2D eigenvalue weighted by Crippen LogP contribution is -2.25. The van der Waals surface area contributed by atoms with Crippen LogP contribution in [0.4, 0.5) is 15.8 Å². The third kappa shape index (κ3) is 4.19. The fraction of sp³-hybridized carbons (Fsp3) is 0.190. The Morgan fingerprint density at radius 2 is 1.82 bits per heavy atom. The van der Waals surface area contributed by atoms with Crippen molar-refractivity contribution in [2.75, 3.05) is 28.6 Å². The lowest BCUT2D eigenvalue weighted by Gasteiger charge is -2.20. The van der Waals surface area contributed by atoms with E-state index in [9.17, 15) is 31.4 Å². The molecule has 10 nitrogen and oxygen atoms in total. The fourth-order valence-electron chi connectivity index (χ4n) is 3.80. The molecule has 0 atom stereocenters.